The van der Waals surface area contributed by atoms with Gasteiger partial charge in [0.15, 0.2) is 0 Å². The molecule has 1 atom stereocenters. The molecule has 0 aliphatic heterocycles. The van der Waals surface area contributed by atoms with Gasteiger partial charge in [0.25, 0.3) is 0 Å². The molecule has 0 saturated heterocycles. The molecule has 0 radical (unpaired) electrons. The molecule has 1 aromatic carbocycles. The molecule has 1 aliphatic carbocycles. The van der Waals surface area contributed by atoms with Crippen LogP contribution in [0.5, 0.6) is 5.75 Å². The molecule has 1 N–H and O–H groups in total. The van der Waals surface area contributed by atoms with E-state index in [1.807, 2.05) is 0 Å². The highest BCUT2D eigenvalue weighted by atomic mass is 79.9. The Hall–Kier alpha value is -0.540. The van der Waals surface area contributed by atoms with Crippen LogP contribution < -0.4 is 10.1 Å². The molecule has 0 aromatic heterocycles. The van der Waals surface area contributed by atoms with Gasteiger partial charge in [0.05, 0.1) is 11.1 Å². The molecule has 1 unspecified atom stereocenters. The maximum atomic E-state index is 5.76. The molecule has 0 spiro atoms. The zero-order valence-corrected chi connectivity index (χ0v) is 15.1. The van der Waals surface area contributed by atoms with Crippen molar-refractivity contribution in [1.29, 1.82) is 0 Å². The Balaban J connectivity index is 2.20. The van der Waals surface area contributed by atoms with Crippen LogP contribution in [-0.2, 0) is 0 Å². The molecule has 0 bridgehead atoms. The molecule has 1 saturated carbocycles. The maximum absolute atomic E-state index is 5.76. The average Bonchev–Trinajstić information content (AvgIpc) is 2.47. The molecule has 21 heavy (non-hydrogen) atoms. The van der Waals surface area contributed by atoms with E-state index in [9.17, 15) is 0 Å². The van der Waals surface area contributed by atoms with Crippen molar-refractivity contribution in [3.05, 3.63) is 28.2 Å². The maximum Gasteiger partial charge on any atom is 0.133 e. The van der Waals surface area contributed by atoms with E-state index in [1.54, 1.807) is 0 Å². The third kappa shape index (κ3) is 4.01. The lowest BCUT2D eigenvalue weighted by atomic mass is 9.68. The highest BCUT2D eigenvalue weighted by Gasteiger charge is 2.35. The first-order valence-corrected chi connectivity index (χ1v) is 8.99. The number of rotatable bonds is 6. The first-order valence-electron chi connectivity index (χ1n) is 8.20. The lowest BCUT2D eigenvalue weighted by Gasteiger charge is -2.41. The summed E-state index contributed by atoms with van der Waals surface area (Å²) >= 11 is 3.66. The molecule has 1 aromatic rings. The third-order valence-electron chi connectivity index (χ3n) is 4.73. The molecule has 2 rings (SSSR count). The van der Waals surface area contributed by atoms with E-state index < -0.39 is 0 Å². The van der Waals surface area contributed by atoms with Gasteiger partial charge in [-0.25, -0.2) is 0 Å². The third-order valence-corrected chi connectivity index (χ3v) is 5.35. The van der Waals surface area contributed by atoms with Crippen molar-refractivity contribution in [3.63, 3.8) is 0 Å². The Kier molecular flexibility index (Phi) is 6.12. The van der Waals surface area contributed by atoms with Gasteiger partial charge in [-0.1, -0.05) is 39.2 Å². The van der Waals surface area contributed by atoms with Crippen molar-refractivity contribution in [2.75, 3.05) is 13.7 Å². The number of benzene rings is 1. The van der Waals surface area contributed by atoms with Gasteiger partial charge in [-0.15, -0.1) is 0 Å². The summed E-state index contributed by atoms with van der Waals surface area (Å²) in [4.78, 5) is 0. The van der Waals surface area contributed by atoms with Crippen LogP contribution in [-0.4, -0.2) is 13.7 Å². The van der Waals surface area contributed by atoms with Gasteiger partial charge in [-0.05, 0) is 65.4 Å². The van der Waals surface area contributed by atoms with E-state index in [0.29, 0.717) is 11.5 Å². The van der Waals surface area contributed by atoms with Crippen LogP contribution in [0.15, 0.2) is 22.7 Å². The van der Waals surface area contributed by atoms with E-state index in [2.05, 4.69) is 60.3 Å². The van der Waals surface area contributed by atoms with Gasteiger partial charge in [-0.2, -0.15) is 0 Å². The minimum atomic E-state index is 0.359. The van der Waals surface area contributed by atoms with Gasteiger partial charge in [0, 0.05) is 6.04 Å². The summed E-state index contributed by atoms with van der Waals surface area (Å²) in [5.74, 6) is 0.948. The minimum absolute atomic E-state index is 0.359. The van der Waals surface area contributed by atoms with Gasteiger partial charge < -0.3 is 10.1 Å². The Morgan fingerprint density at radius 2 is 2.00 bits per heavy atom. The smallest absolute Gasteiger partial charge is 0.133 e. The van der Waals surface area contributed by atoms with Gasteiger partial charge in [0.1, 0.15) is 5.75 Å². The van der Waals surface area contributed by atoms with Crippen LogP contribution in [0.3, 0.4) is 0 Å². The molecular weight excluding hydrogens is 326 g/mol. The number of hydrogen-bond donors (Lipinski definition) is 1. The van der Waals surface area contributed by atoms with Crippen molar-refractivity contribution in [2.45, 2.75) is 58.4 Å². The molecule has 1 fully saturated rings. The van der Waals surface area contributed by atoms with Crippen molar-refractivity contribution < 1.29 is 4.74 Å². The summed E-state index contributed by atoms with van der Waals surface area (Å²) in [5.41, 5.74) is 1.72. The fourth-order valence-corrected chi connectivity index (χ4v) is 4.10. The van der Waals surface area contributed by atoms with Crippen LogP contribution in [0.1, 0.15) is 64.0 Å². The molecule has 2 nitrogen and oxygen atoms in total. The van der Waals surface area contributed by atoms with E-state index in [1.165, 1.54) is 37.7 Å². The van der Waals surface area contributed by atoms with Gasteiger partial charge in [-0.3, -0.25) is 0 Å². The Morgan fingerprint density at radius 1 is 1.29 bits per heavy atom. The topological polar surface area (TPSA) is 21.3 Å². The number of nitrogens with one attached hydrogen (secondary N) is 1. The largest absolute Gasteiger partial charge is 0.492 e. The quantitative estimate of drug-likeness (QED) is 0.731. The molecule has 0 heterocycles. The first kappa shape index (κ1) is 16.8. The van der Waals surface area contributed by atoms with Gasteiger partial charge >= 0.3 is 0 Å². The van der Waals surface area contributed by atoms with Gasteiger partial charge in [0.2, 0.25) is 0 Å². The minimum Gasteiger partial charge on any atom is -0.492 e. The standard InChI is InChI=1S/C18H28BrNO/c1-4-12-21-16-9-8-14(13-15(16)19)17(20-3)18(2)10-6-5-7-11-18/h8-9,13,17,20H,4-7,10-12H2,1-3H3. The van der Waals surface area contributed by atoms with Crippen LogP contribution in [0.2, 0.25) is 0 Å². The fourth-order valence-electron chi connectivity index (χ4n) is 3.59. The monoisotopic (exact) mass is 353 g/mol. The van der Waals surface area contributed by atoms with Crippen molar-refractivity contribution >= 4 is 15.9 Å². The number of halogens is 1. The lowest BCUT2D eigenvalue weighted by molar-refractivity contribution is 0.150. The first-order chi connectivity index (χ1) is 10.1. The highest BCUT2D eigenvalue weighted by molar-refractivity contribution is 9.10. The van der Waals surface area contributed by atoms with Crippen molar-refractivity contribution in [1.82, 2.24) is 5.32 Å². The average molecular weight is 354 g/mol. The van der Waals surface area contributed by atoms with Crippen LogP contribution in [0.4, 0.5) is 0 Å². The summed E-state index contributed by atoms with van der Waals surface area (Å²) in [6.45, 7) is 5.33. The fraction of sp³-hybridized carbons (Fsp3) is 0.667. The second kappa shape index (κ2) is 7.64. The van der Waals surface area contributed by atoms with E-state index >= 15 is 0 Å². The predicted molar refractivity (Wildman–Crippen MR) is 92.9 cm³/mol. The zero-order chi connectivity index (χ0) is 15.3. The second-order valence-corrected chi connectivity index (χ2v) is 7.33. The van der Waals surface area contributed by atoms with Crippen LogP contribution in [0.25, 0.3) is 0 Å². The van der Waals surface area contributed by atoms with Crippen LogP contribution in [0, 0.1) is 5.41 Å². The summed E-state index contributed by atoms with van der Waals surface area (Å²) in [6.07, 6.45) is 7.75. The molecule has 3 heteroatoms. The summed E-state index contributed by atoms with van der Waals surface area (Å²) < 4.78 is 6.82. The summed E-state index contributed by atoms with van der Waals surface area (Å²) in [5, 5.41) is 3.56. The molecular formula is C18H28BrNO. The highest BCUT2D eigenvalue weighted by Crippen LogP contribution is 2.46. The van der Waals surface area contributed by atoms with E-state index in [-0.39, 0.29) is 0 Å². The molecule has 118 valence electrons. The SMILES string of the molecule is CCCOc1ccc(C(NC)C2(C)CCCCC2)cc1Br. The zero-order valence-electron chi connectivity index (χ0n) is 13.5. The predicted octanol–water partition coefficient (Wildman–Crippen LogP) is 5.47. The Bertz CT molecular complexity index is 455. The van der Waals surface area contributed by atoms with Crippen molar-refractivity contribution in [2.24, 2.45) is 5.41 Å². The normalized spacial score (nSPS) is 19.2. The Morgan fingerprint density at radius 3 is 2.57 bits per heavy atom. The van der Waals surface area contributed by atoms with E-state index in [0.717, 1.165) is 23.2 Å². The number of ether oxygens (including phenoxy) is 1. The van der Waals surface area contributed by atoms with Crippen LogP contribution >= 0.6 is 15.9 Å². The second-order valence-electron chi connectivity index (χ2n) is 6.47. The molecule has 1 aliphatic rings. The molecule has 0 amide bonds. The van der Waals surface area contributed by atoms with Crippen molar-refractivity contribution in [3.8, 4) is 5.75 Å². The Labute approximate surface area is 137 Å². The lowest BCUT2D eigenvalue weighted by Crippen LogP contribution is -2.36. The number of hydrogen-bond acceptors (Lipinski definition) is 2. The van der Waals surface area contributed by atoms with E-state index in [4.69, 9.17) is 4.74 Å². The summed E-state index contributed by atoms with van der Waals surface area (Å²) in [6, 6.07) is 6.96. The summed E-state index contributed by atoms with van der Waals surface area (Å²) in [7, 11) is 2.08.